The van der Waals surface area contributed by atoms with E-state index < -0.39 is 5.97 Å². The van der Waals surface area contributed by atoms with Gasteiger partial charge in [-0.25, -0.2) is 4.79 Å². The van der Waals surface area contributed by atoms with Gasteiger partial charge in [-0.05, 0) is 11.4 Å². The van der Waals surface area contributed by atoms with Crippen molar-refractivity contribution in [2.75, 3.05) is 0 Å². The van der Waals surface area contributed by atoms with E-state index in [1.165, 1.54) is 6.08 Å². The molecule has 1 aromatic heterocycles. The second-order valence-electron chi connectivity index (χ2n) is 2.67. The van der Waals surface area contributed by atoms with Crippen LogP contribution < -0.4 is 0 Å². The van der Waals surface area contributed by atoms with Gasteiger partial charge in [-0.15, -0.1) is 17.9 Å². The molecule has 0 aliphatic rings. The highest BCUT2D eigenvalue weighted by Gasteiger charge is 2.14. The summed E-state index contributed by atoms with van der Waals surface area (Å²) in [6.07, 6.45) is 3.31. The molecule has 3 heteroatoms. The minimum Gasteiger partial charge on any atom is -0.453 e. The molecule has 0 unspecified atom stereocenters. The van der Waals surface area contributed by atoms with Crippen LogP contribution in [0.25, 0.3) is 0 Å². The van der Waals surface area contributed by atoms with Gasteiger partial charge < -0.3 is 4.74 Å². The molecule has 0 bridgehead atoms. The maximum atomic E-state index is 11.0. The van der Waals surface area contributed by atoms with Gasteiger partial charge in [-0.1, -0.05) is 18.7 Å². The molecule has 0 aliphatic heterocycles. The first kappa shape index (κ1) is 10.7. The lowest BCUT2D eigenvalue weighted by Crippen LogP contribution is -2.07. The molecular weight excluding hydrogens is 196 g/mol. The summed E-state index contributed by atoms with van der Waals surface area (Å²) in [6.45, 7) is 6.99. The lowest BCUT2D eigenvalue weighted by molar-refractivity contribution is -0.143. The monoisotopic (exact) mass is 208 g/mol. The molecule has 1 rings (SSSR count). The predicted molar refractivity (Wildman–Crippen MR) is 58.2 cm³/mol. The Hall–Kier alpha value is -1.35. The van der Waals surface area contributed by atoms with Crippen molar-refractivity contribution in [2.24, 2.45) is 0 Å². The lowest BCUT2D eigenvalue weighted by atomic mass is 10.2. The first-order valence-electron chi connectivity index (χ1n) is 4.25. The second-order valence-corrected chi connectivity index (χ2v) is 3.65. The van der Waals surface area contributed by atoms with Crippen LogP contribution in [0.3, 0.4) is 0 Å². The minimum atomic E-state index is -0.398. The van der Waals surface area contributed by atoms with Crippen LogP contribution in [0, 0.1) is 0 Å². The molecule has 0 aromatic carbocycles. The average Bonchev–Trinajstić information content (AvgIpc) is 2.69. The Morgan fingerprint density at radius 1 is 1.64 bits per heavy atom. The average molecular weight is 208 g/mol. The Morgan fingerprint density at radius 2 is 2.43 bits per heavy atom. The number of rotatable bonds is 5. The zero-order valence-corrected chi connectivity index (χ0v) is 8.63. The van der Waals surface area contributed by atoms with Crippen LogP contribution in [0.2, 0.25) is 0 Å². The quantitative estimate of drug-likeness (QED) is 0.422. The molecule has 0 fully saturated rings. The molecule has 74 valence electrons. The van der Waals surface area contributed by atoms with Crippen molar-refractivity contribution in [3.8, 4) is 0 Å². The number of hydrogen-bond acceptors (Lipinski definition) is 3. The molecular formula is C11H12O2S. The Balaban J connectivity index is 2.69. The molecule has 1 aromatic rings. The number of thiophene rings is 1. The summed E-state index contributed by atoms with van der Waals surface area (Å²) in [7, 11) is 0. The van der Waals surface area contributed by atoms with Crippen molar-refractivity contribution < 1.29 is 9.53 Å². The molecule has 0 N–H and O–H groups in total. The number of carbonyl (C=O) groups excluding carboxylic acids is 1. The van der Waals surface area contributed by atoms with E-state index in [0.717, 1.165) is 4.88 Å². The van der Waals surface area contributed by atoms with Crippen LogP contribution in [-0.2, 0) is 9.53 Å². The number of carbonyl (C=O) groups is 1. The smallest absolute Gasteiger partial charge is 0.330 e. The van der Waals surface area contributed by atoms with Crippen molar-refractivity contribution in [1.82, 2.24) is 0 Å². The van der Waals surface area contributed by atoms with E-state index in [0.29, 0.717) is 6.42 Å². The van der Waals surface area contributed by atoms with Crippen molar-refractivity contribution in [2.45, 2.75) is 12.5 Å². The van der Waals surface area contributed by atoms with Gasteiger partial charge in [0, 0.05) is 17.4 Å². The van der Waals surface area contributed by atoms with Crippen molar-refractivity contribution in [1.29, 1.82) is 0 Å². The molecule has 1 atom stereocenters. The van der Waals surface area contributed by atoms with Crippen LogP contribution in [0.5, 0.6) is 0 Å². The topological polar surface area (TPSA) is 26.3 Å². The van der Waals surface area contributed by atoms with Gasteiger partial charge in [-0.3, -0.25) is 0 Å². The SMILES string of the molecule is C=CC[C@@H](OC(=O)C=C)c1cccs1. The second kappa shape index (κ2) is 5.40. The summed E-state index contributed by atoms with van der Waals surface area (Å²) in [6, 6.07) is 3.87. The van der Waals surface area contributed by atoms with Crippen LogP contribution in [0.15, 0.2) is 42.8 Å². The van der Waals surface area contributed by atoms with E-state index in [2.05, 4.69) is 13.2 Å². The van der Waals surface area contributed by atoms with Gasteiger partial charge in [0.2, 0.25) is 0 Å². The Bertz CT molecular complexity index is 314. The van der Waals surface area contributed by atoms with Crippen molar-refractivity contribution >= 4 is 17.3 Å². The fourth-order valence-electron chi connectivity index (χ4n) is 1.04. The van der Waals surface area contributed by atoms with Gasteiger partial charge in [0.05, 0.1) is 0 Å². The molecule has 1 heterocycles. The Kier molecular flexibility index (Phi) is 4.13. The number of ether oxygens (including phenoxy) is 1. The van der Waals surface area contributed by atoms with E-state index in [4.69, 9.17) is 4.74 Å². The molecule has 0 radical (unpaired) electrons. The first-order chi connectivity index (χ1) is 6.77. The van der Waals surface area contributed by atoms with Gasteiger partial charge in [0.25, 0.3) is 0 Å². The van der Waals surface area contributed by atoms with E-state index in [1.54, 1.807) is 17.4 Å². The zero-order chi connectivity index (χ0) is 10.4. The molecule has 0 spiro atoms. The highest BCUT2D eigenvalue weighted by atomic mass is 32.1. The van der Waals surface area contributed by atoms with Crippen molar-refractivity contribution in [3.63, 3.8) is 0 Å². The zero-order valence-electron chi connectivity index (χ0n) is 7.81. The summed E-state index contributed by atoms with van der Waals surface area (Å²) in [5.74, 6) is -0.398. The maximum Gasteiger partial charge on any atom is 0.330 e. The van der Waals surface area contributed by atoms with Crippen LogP contribution in [0.1, 0.15) is 17.4 Å². The predicted octanol–water partition coefficient (Wildman–Crippen LogP) is 3.09. The van der Waals surface area contributed by atoms with Gasteiger partial charge in [0.15, 0.2) is 0 Å². The minimum absolute atomic E-state index is 0.224. The van der Waals surface area contributed by atoms with E-state index in [1.807, 2.05) is 17.5 Å². The highest BCUT2D eigenvalue weighted by Crippen LogP contribution is 2.25. The van der Waals surface area contributed by atoms with Gasteiger partial charge >= 0.3 is 5.97 Å². The molecule has 0 aliphatic carbocycles. The molecule has 2 nitrogen and oxygen atoms in total. The number of hydrogen-bond donors (Lipinski definition) is 0. The largest absolute Gasteiger partial charge is 0.453 e. The van der Waals surface area contributed by atoms with E-state index >= 15 is 0 Å². The summed E-state index contributed by atoms with van der Waals surface area (Å²) in [5.41, 5.74) is 0. The van der Waals surface area contributed by atoms with E-state index in [9.17, 15) is 4.79 Å². The summed E-state index contributed by atoms with van der Waals surface area (Å²) in [5, 5.41) is 1.95. The summed E-state index contributed by atoms with van der Waals surface area (Å²) in [4.78, 5) is 12.1. The third-order valence-electron chi connectivity index (χ3n) is 1.67. The van der Waals surface area contributed by atoms with E-state index in [-0.39, 0.29) is 6.10 Å². The van der Waals surface area contributed by atoms with Crippen LogP contribution >= 0.6 is 11.3 Å². The fourth-order valence-corrected chi connectivity index (χ4v) is 1.80. The summed E-state index contributed by atoms with van der Waals surface area (Å²) >= 11 is 1.56. The fraction of sp³-hybridized carbons (Fsp3) is 0.182. The normalized spacial score (nSPS) is 11.7. The third-order valence-corrected chi connectivity index (χ3v) is 2.63. The van der Waals surface area contributed by atoms with Crippen LogP contribution in [0.4, 0.5) is 0 Å². The third kappa shape index (κ3) is 2.85. The van der Waals surface area contributed by atoms with Gasteiger partial charge in [-0.2, -0.15) is 0 Å². The standard InChI is InChI=1S/C11H12O2S/c1-3-6-9(13-11(12)4-2)10-7-5-8-14-10/h3-5,7-9H,1-2,6H2/t9-/m1/s1. The molecule has 0 amide bonds. The summed E-state index contributed by atoms with van der Waals surface area (Å²) < 4.78 is 5.17. The molecule has 14 heavy (non-hydrogen) atoms. The van der Waals surface area contributed by atoms with Crippen LogP contribution in [-0.4, -0.2) is 5.97 Å². The molecule has 0 saturated carbocycles. The molecule has 0 saturated heterocycles. The Morgan fingerprint density at radius 3 is 2.93 bits per heavy atom. The Labute approximate surface area is 87.5 Å². The maximum absolute atomic E-state index is 11.0. The lowest BCUT2D eigenvalue weighted by Gasteiger charge is -2.13. The number of esters is 1. The van der Waals surface area contributed by atoms with Gasteiger partial charge in [0.1, 0.15) is 6.10 Å². The van der Waals surface area contributed by atoms with Crippen molar-refractivity contribution in [3.05, 3.63) is 47.7 Å². The first-order valence-corrected chi connectivity index (χ1v) is 5.13. The highest BCUT2D eigenvalue weighted by molar-refractivity contribution is 7.10.